The van der Waals surface area contributed by atoms with Gasteiger partial charge in [0.1, 0.15) is 6.54 Å². The van der Waals surface area contributed by atoms with Crippen LogP contribution in [0.2, 0.25) is 0 Å². The van der Waals surface area contributed by atoms with Gasteiger partial charge >= 0.3 is 0 Å². The standard InChI is InChI=1S/C17H24N6O2/c1-10-16(21-22-23(10)9-15-20-19-11(2)25-15)17(24)18-6-5-14-8-12-3-4-13(14)7-12/h12-14H,3-9H2,1-2H3,(H,18,24)/t12-,13-,14-/m0/s1. The van der Waals surface area contributed by atoms with Gasteiger partial charge in [0, 0.05) is 13.5 Å². The van der Waals surface area contributed by atoms with Crippen molar-refractivity contribution in [2.45, 2.75) is 52.5 Å². The SMILES string of the molecule is Cc1nnc(Cn2nnc(C(=O)NCC[C@H]3C[C@H]4CC[C@H]3C4)c2C)o1. The second-order valence-electron chi connectivity index (χ2n) is 7.38. The molecule has 8 nitrogen and oxygen atoms in total. The predicted octanol–water partition coefficient (Wildman–Crippen LogP) is 1.88. The fourth-order valence-electron chi connectivity index (χ4n) is 4.43. The van der Waals surface area contributed by atoms with Crippen molar-refractivity contribution in [2.24, 2.45) is 17.8 Å². The second kappa shape index (κ2) is 6.57. The molecule has 1 N–H and O–H groups in total. The first-order valence-corrected chi connectivity index (χ1v) is 9.07. The Morgan fingerprint density at radius 2 is 2.12 bits per heavy atom. The Balaban J connectivity index is 1.31. The number of fused-ring (bicyclic) bond motifs is 2. The zero-order valence-electron chi connectivity index (χ0n) is 14.7. The summed E-state index contributed by atoms with van der Waals surface area (Å²) in [6.07, 6.45) is 6.61. The van der Waals surface area contributed by atoms with Crippen LogP contribution in [0.4, 0.5) is 0 Å². The number of hydrogen-bond donors (Lipinski definition) is 1. The fourth-order valence-corrected chi connectivity index (χ4v) is 4.43. The summed E-state index contributed by atoms with van der Waals surface area (Å²) in [4.78, 5) is 12.4. The molecule has 2 saturated carbocycles. The highest BCUT2D eigenvalue weighted by atomic mass is 16.4. The Morgan fingerprint density at radius 3 is 2.80 bits per heavy atom. The highest BCUT2D eigenvalue weighted by Crippen LogP contribution is 2.49. The number of nitrogens with zero attached hydrogens (tertiary/aromatic N) is 5. The first kappa shape index (κ1) is 16.2. The summed E-state index contributed by atoms with van der Waals surface area (Å²) in [5, 5.41) is 18.8. The molecule has 0 saturated heterocycles. The van der Waals surface area contributed by atoms with Crippen LogP contribution in [0.1, 0.15) is 60.1 Å². The van der Waals surface area contributed by atoms with Crippen molar-refractivity contribution in [2.75, 3.05) is 6.54 Å². The normalized spacial score (nSPS) is 24.8. The second-order valence-corrected chi connectivity index (χ2v) is 7.38. The molecule has 8 heteroatoms. The fraction of sp³-hybridized carbons (Fsp3) is 0.706. The monoisotopic (exact) mass is 344 g/mol. The average Bonchev–Trinajstić information content (AvgIpc) is 3.35. The van der Waals surface area contributed by atoms with Gasteiger partial charge in [-0.3, -0.25) is 4.79 Å². The Morgan fingerprint density at radius 1 is 1.24 bits per heavy atom. The summed E-state index contributed by atoms with van der Waals surface area (Å²) < 4.78 is 6.96. The van der Waals surface area contributed by atoms with Gasteiger partial charge in [-0.05, 0) is 50.4 Å². The van der Waals surface area contributed by atoms with Crippen molar-refractivity contribution >= 4 is 5.91 Å². The minimum atomic E-state index is -0.159. The van der Waals surface area contributed by atoms with Crippen molar-refractivity contribution in [3.8, 4) is 0 Å². The van der Waals surface area contributed by atoms with E-state index in [2.05, 4.69) is 25.8 Å². The van der Waals surface area contributed by atoms with E-state index in [-0.39, 0.29) is 5.91 Å². The molecule has 2 aliphatic rings. The maximum absolute atomic E-state index is 12.4. The topological polar surface area (TPSA) is 98.7 Å². The third-order valence-corrected chi connectivity index (χ3v) is 5.74. The molecule has 0 aromatic carbocycles. The van der Waals surface area contributed by atoms with Crippen molar-refractivity contribution in [1.82, 2.24) is 30.5 Å². The Bertz CT molecular complexity index is 767. The predicted molar refractivity (Wildman–Crippen MR) is 88.8 cm³/mol. The number of carbonyl (C=O) groups is 1. The van der Waals surface area contributed by atoms with Gasteiger partial charge in [0.25, 0.3) is 5.91 Å². The number of hydrogen-bond acceptors (Lipinski definition) is 6. The van der Waals surface area contributed by atoms with Crippen molar-refractivity contribution < 1.29 is 9.21 Å². The van der Waals surface area contributed by atoms with E-state index in [0.29, 0.717) is 36.3 Å². The molecule has 25 heavy (non-hydrogen) atoms. The Hall–Kier alpha value is -2.25. The van der Waals surface area contributed by atoms with E-state index in [1.165, 1.54) is 25.7 Å². The average molecular weight is 344 g/mol. The van der Waals surface area contributed by atoms with E-state index < -0.39 is 0 Å². The maximum Gasteiger partial charge on any atom is 0.273 e. The lowest BCUT2D eigenvalue weighted by Gasteiger charge is -2.21. The lowest BCUT2D eigenvalue weighted by molar-refractivity contribution is 0.0944. The van der Waals surface area contributed by atoms with Gasteiger partial charge in [0.2, 0.25) is 11.8 Å². The van der Waals surface area contributed by atoms with Crippen LogP contribution in [0, 0.1) is 31.6 Å². The number of aryl methyl sites for hydroxylation is 1. The molecule has 2 bridgehead atoms. The number of aromatic nitrogens is 5. The minimum absolute atomic E-state index is 0.159. The number of amides is 1. The molecule has 2 heterocycles. The van der Waals surface area contributed by atoms with E-state index in [1.54, 1.807) is 11.6 Å². The minimum Gasteiger partial charge on any atom is -0.424 e. The summed E-state index contributed by atoms with van der Waals surface area (Å²) >= 11 is 0. The van der Waals surface area contributed by atoms with Crippen molar-refractivity contribution in [1.29, 1.82) is 0 Å². The van der Waals surface area contributed by atoms with Crippen LogP contribution in [-0.2, 0) is 6.54 Å². The van der Waals surface area contributed by atoms with Crippen LogP contribution in [0.25, 0.3) is 0 Å². The lowest BCUT2D eigenvalue weighted by Crippen LogP contribution is -2.28. The van der Waals surface area contributed by atoms with Gasteiger partial charge in [-0.2, -0.15) is 0 Å². The van der Waals surface area contributed by atoms with Gasteiger partial charge in [-0.15, -0.1) is 15.3 Å². The van der Waals surface area contributed by atoms with Crippen molar-refractivity contribution in [3.63, 3.8) is 0 Å². The molecule has 0 unspecified atom stereocenters. The maximum atomic E-state index is 12.4. The Labute approximate surface area is 146 Å². The molecule has 0 spiro atoms. The van der Waals surface area contributed by atoms with E-state index in [4.69, 9.17) is 4.42 Å². The molecule has 1 amide bonds. The lowest BCUT2D eigenvalue weighted by atomic mass is 9.86. The van der Waals surface area contributed by atoms with Crippen LogP contribution < -0.4 is 5.32 Å². The molecule has 3 atom stereocenters. The van der Waals surface area contributed by atoms with E-state index >= 15 is 0 Å². The van der Waals surface area contributed by atoms with Gasteiger partial charge in [-0.1, -0.05) is 11.6 Å². The number of nitrogens with one attached hydrogen (secondary N) is 1. The molecule has 134 valence electrons. The molecular weight excluding hydrogens is 320 g/mol. The third-order valence-electron chi connectivity index (χ3n) is 5.74. The molecule has 2 aliphatic carbocycles. The van der Waals surface area contributed by atoms with Crippen LogP contribution in [0.15, 0.2) is 4.42 Å². The number of rotatable bonds is 6. The quantitative estimate of drug-likeness (QED) is 0.859. The summed E-state index contributed by atoms with van der Waals surface area (Å²) in [6.45, 7) is 4.59. The van der Waals surface area contributed by atoms with E-state index in [9.17, 15) is 4.79 Å². The zero-order valence-corrected chi connectivity index (χ0v) is 14.7. The largest absolute Gasteiger partial charge is 0.424 e. The van der Waals surface area contributed by atoms with Crippen molar-refractivity contribution in [3.05, 3.63) is 23.2 Å². The van der Waals surface area contributed by atoms with E-state index in [1.807, 2.05) is 6.92 Å². The highest BCUT2D eigenvalue weighted by Gasteiger charge is 2.38. The third kappa shape index (κ3) is 3.29. The summed E-state index contributed by atoms with van der Waals surface area (Å²) in [7, 11) is 0. The molecule has 0 aliphatic heterocycles. The first-order valence-electron chi connectivity index (χ1n) is 9.07. The smallest absolute Gasteiger partial charge is 0.273 e. The van der Waals surface area contributed by atoms with Gasteiger partial charge in [0.15, 0.2) is 5.69 Å². The molecular formula is C17H24N6O2. The van der Waals surface area contributed by atoms with Crippen LogP contribution in [0.3, 0.4) is 0 Å². The van der Waals surface area contributed by atoms with Gasteiger partial charge < -0.3 is 9.73 Å². The van der Waals surface area contributed by atoms with Crippen LogP contribution in [-0.4, -0.2) is 37.6 Å². The molecule has 4 rings (SSSR count). The summed E-state index contributed by atoms with van der Waals surface area (Å²) in [5.74, 6) is 3.42. The Kier molecular flexibility index (Phi) is 4.27. The first-order chi connectivity index (χ1) is 12.1. The van der Waals surface area contributed by atoms with Crippen LogP contribution in [0.5, 0.6) is 0 Å². The number of carbonyl (C=O) groups excluding carboxylic acids is 1. The van der Waals surface area contributed by atoms with Gasteiger partial charge in [0.05, 0.1) is 5.69 Å². The van der Waals surface area contributed by atoms with E-state index in [0.717, 1.165) is 24.2 Å². The summed E-state index contributed by atoms with van der Waals surface area (Å²) in [5.41, 5.74) is 1.07. The molecule has 2 aromatic heterocycles. The van der Waals surface area contributed by atoms with Gasteiger partial charge in [-0.25, -0.2) is 4.68 Å². The summed E-state index contributed by atoms with van der Waals surface area (Å²) in [6, 6.07) is 0. The highest BCUT2D eigenvalue weighted by molar-refractivity contribution is 5.93. The zero-order chi connectivity index (χ0) is 17.4. The van der Waals surface area contributed by atoms with Crippen LogP contribution >= 0.6 is 0 Å². The molecule has 2 fully saturated rings. The molecule has 2 aromatic rings. The molecule has 0 radical (unpaired) electrons.